The number of carbonyl (C=O) groups is 2. The molecule has 16 rings (SSSR count). The number of rotatable bonds is 11. The van der Waals surface area contributed by atoms with Crippen molar-refractivity contribution in [1.82, 2.24) is 39.9 Å². The number of benzene rings is 6. The third-order valence-corrected chi connectivity index (χ3v) is 17.1. The summed E-state index contributed by atoms with van der Waals surface area (Å²) in [6, 6.07) is 72.3. The molecule has 4 aliphatic rings. The summed E-state index contributed by atoms with van der Waals surface area (Å²) >= 11 is 0. The summed E-state index contributed by atoms with van der Waals surface area (Å²) in [5.41, 5.74) is 23.9. The molecule has 12 aromatic rings. The summed E-state index contributed by atoms with van der Waals surface area (Å²) in [7, 11) is 0. The molecule has 0 spiro atoms. The van der Waals surface area contributed by atoms with Crippen LogP contribution in [0.5, 0.6) is 0 Å². The molecule has 14 heteroatoms. The minimum absolute atomic E-state index is 0. The Morgan fingerprint density at radius 3 is 0.938 bits per heavy atom. The van der Waals surface area contributed by atoms with Crippen molar-refractivity contribution in [3.05, 3.63) is 275 Å². The maximum absolute atomic E-state index is 13.0. The molecule has 0 saturated heterocycles. The van der Waals surface area contributed by atoms with Crippen LogP contribution in [0, 0.1) is 0 Å². The summed E-state index contributed by atoms with van der Waals surface area (Å²) in [6.45, 7) is 4.10. The summed E-state index contributed by atoms with van der Waals surface area (Å²) in [5.74, 6) is -0.809. The molecule has 6 aromatic heterocycles. The molecular formula is C82H54N8O4Pd2. The van der Waals surface area contributed by atoms with Crippen LogP contribution in [0.25, 0.3) is 171 Å². The Morgan fingerprint density at radius 1 is 0.302 bits per heavy atom. The van der Waals surface area contributed by atoms with E-state index >= 15 is 0 Å². The van der Waals surface area contributed by atoms with E-state index in [1.807, 2.05) is 146 Å². The van der Waals surface area contributed by atoms with Gasteiger partial charge in [0.1, 0.15) is 0 Å². The van der Waals surface area contributed by atoms with E-state index in [1.54, 1.807) is 38.1 Å². The van der Waals surface area contributed by atoms with E-state index in [9.17, 15) is 9.59 Å². The van der Waals surface area contributed by atoms with Crippen LogP contribution in [0.3, 0.4) is 0 Å². The molecule has 16 bridgehead atoms. The van der Waals surface area contributed by atoms with Crippen LogP contribution < -0.4 is 19.9 Å². The fourth-order valence-electron chi connectivity index (χ4n) is 12.8. The van der Waals surface area contributed by atoms with E-state index in [0.717, 1.165) is 112 Å². The summed E-state index contributed by atoms with van der Waals surface area (Å²) in [4.78, 5) is 70.1. The summed E-state index contributed by atoms with van der Waals surface area (Å²) < 4.78 is 10.8. The second-order valence-corrected chi connectivity index (χ2v) is 22.8. The van der Waals surface area contributed by atoms with Crippen molar-refractivity contribution in [1.29, 1.82) is 0 Å². The molecule has 0 unspecified atom stereocenters. The second-order valence-electron chi connectivity index (χ2n) is 22.8. The first kappa shape index (κ1) is 62.2. The molecule has 96 heavy (non-hydrogen) atoms. The predicted molar refractivity (Wildman–Crippen MR) is 377 cm³/mol. The zero-order valence-corrected chi connectivity index (χ0v) is 54.8. The Labute approximate surface area is 580 Å². The van der Waals surface area contributed by atoms with Gasteiger partial charge in [-0.2, -0.15) is 0 Å². The number of carbonyl (C=O) groups excluding carboxylic acids is 2. The van der Waals surface area contributed by atoms with Gasteiger partial charge in [-0.25, -0.2) is 29.5 Å². The maximum atomic E-state index is 13.0. The summed E-state index contributed by atoms with van der Waals surface area (Å²) in [6.07, 6.45) is 16.3. The zero-order valence-electron chi connectivity index (χ0n) is 51.7. The SMILES string of the molecule is CCOC(=O)c1ccc(-c2c3nc(c(-c4ccccc4-c4c5nc(c(-c6ccccc6)c6ccc([n-]6)c(-c6ccccc6)c6nc(c(-c7ccccc7)c7ccc4[n-]7)C=C6)C=C5)c4ccc([n-]4)c(-c4ccc(C(=O)OCC)cc4)c4nc(cc5ccc2[n-]5)C=C4)C=C3)cc1.[Pd+2].[Pd+2]. The Balaban J connectivity index is 0.00000396. The van der Waals surface area contributed by atoms with Gasteiger partial charge in [0.05, 0.1) is 69.9 Å². The minimum atomic E-state index is -0.405. The van der Waals surface area contributed by atoms with Crippen LogP contribution in [-0.2, 0) is 50.3 Å². The molecule has 4 aliphatic heterocycles. The number of esters is 2. The Morgan fingerprint density at radius 2 is 0.583 bits per heavy atom. The average Bonchev–Trinajstić information content (AvgIpc) is 1.58. The van der Waals surface area contributed by atoms with Crippen molar-refractivity contribution >= 4 is 105 Å². The molecule has 466 valence electrons. The van der Waals surface area contributed by atoms with Gasteiger partial charge in [-0.3, -0.25) is 0 Å². The van der Waals surface area contributed by atoms with E-state index in [-0.39, 0.29) is 54.1 Å². The van der Waals surface area contributed by atoms with Gasteiger partial charge in [0.2, 0.25) is 0 Å². The number of hydrogen-bond donors (Lipinski definition) is 0. The van der Waals surface area contributed by atoms with Crippen LogP contribution in [-0.4, -0.2) is 45.1 Å². The van der Waals surface area contributed by atoms with Gasteiger partial charge in [0, 0.05) is 0 Å². The van der Waals surface area contributed by atoms with Gasteiger partial charge in [0.25, 0.3) is 0 Å². The minimum Gasteiger partial charge on any atom is -0.657 e. The largest absolute Gasteiger partial charge is 2.00 e. The van der Waals surface area contributed by atoms with Gasteiger partial charge >= 0.3 is 52.8 Å². The van der Waals surface area contributed by atoms with Crippen LogP contribution in [0.1, 0.15) is 80.1 Å². The van der Waals surface area contributed by atoms with Crippen molar-refractivity contribution in [2.24, 2.45) is 0 Å². The Kier molecular flexibility index (Phi) is 17.3. The first-order valence-corrected chi connectivity index (χ1v) is 31.2. The molecule has 0 radical (unpaired) electrons. The second kappa shape index (κ2) is 26.7. The zero-order chi connectivity index (χ0) is 63.2. The molecule has 0 fully saturated rings. The molecule has 0 N–H and O–H groups in total. The number of hydrogen-bond acceptors (Lipinski definition) is 8. The molecule has 10 heterocycles. The molecule has 0 atom stereocenters. The fraction of sp³-hybridized carbons (Fsp3) is 0.0488. The topological polar surface area (TPSA) is 161 Å². The van der Waals surface area contributed by atoms with Crippen LogP contribution >= 0.6 is 0 Å². The third-order valence-electron chi connectivity index (χ3n) is 17.1. The van der Waals surface area contributed by atoms with Gasteiger partial charge in [-0.1, -0.05) is 194 Å². The van der Waals surface area contributed by atoms with E-state index in [0.29, 0.717) is 67.2 Å². The standard InChI is InChI=1S/C82H56N8O4.2Pd/c1-3-93-81(91)54-28-24-52(25-29-54)77-60-34-32-56(83-60)48-57-33-35-61(84-57)78(53-26-30-55(31-27-53)82(92)94-4-2)69-43-47-73(90-69)80(72-46-42-68(77)89-72)59-23-15-14-22-58(59)79-70-44-40-66(87-70)75(50-18-10-6-11-19-50)64-38-36-62(85-64)74(49-16-8-5-9-17-49)63-37-39-65(86-63)76(51-20-12-7-13-21-51)67-41-45-71(79)88-67;;/h5-48H,3-4H2,1-2H3,(H2-2,83,84,85,86,87,88,89,90,91,92);;/q-2;2*+2/p-2. The molecule has 0 saturated carbocycles. The van der Waals surface area contributed by atoms with Gasteiger partial charge in [-0.05, 0) is 165 Å². The van der Waals surface area contributed by atoms with Crippen molar-refractivity contribution < 1.29 is 59.9 Å². The van der Waals surface area contributed by atoms with Gasteiger partial charge in [-0.15, -0.1) is 44.1 Å². The molecule has 12 nitrogen and oxygen atoms in total. The molecule has 0 aliphatic carbocycles. The fourth-order valence-corrected chi connectivity index (χ4v) is 12.8. The Bertz CT molecular complexity index is 5450. The van der Waals surface area contributed by atoms with E-state index in [4.69, 9.17) is 49.3 Å². The van der Waals surface area contributed by atoms with E-state index in [1.165, 1.54) is 0 Å². The molecular weight excluding hydrogens is 1370 g/mol. The first-order valence-electron chi connectivity index (χ1n) is 31.2. The average molecular weight is 1430 g/mol. The van der Waals surface area contributed by atoms with Crippen molar-refractivity contribution in [2.45, 2.75) is 13.8 Å². The smallest absolute Gasteiger partial charge is 0.657 e. The summed E-state index contributed by atoms with van der Waals surface area (Å²) in [5, 5.41) is 0. The first-order chi connectivity index (χ1) is 46.3. The van der Waals surface area contributed by atoms with Crippen molar-refractivity contribution in [3.8, 4) is 77.9 Å². The number of fused-ring (bicyclic) bond motifs is 16. The molecule has 6 aromatic carbocycles. The number of ether oxygens (including phenoxy) is 2. The Hall–Kier alpha value is -11.2. The quantitative estimate of drug-likeness (QED) is 0.0892. The van der Waals surface area contributed by atoms with E-state index in [2.05, 4.69) is 97.1 Å². The number of nitrogens with zero attached hydrogens (tertiary/aromatic N) is 8. The predicted octanol–water partition coefficient (Wildman–Crippen LogP) is 18.2. The van der Waals surface area contributed by atoms with E-state index < -0.39 is 11.9 Å². The number of aromatic nitrogens is 8. The van der Waals surface area contributed by atoms with Crippen molar-refractivity contribution in [2.75, 3.05) is 13.2 Å². The normalized spacial score (nSPS) is 11.9. The third kappa shape index (κ3) is 11.7. The van der Waals surface area contributed by atoms with Gasteiger partial charge < -0.3 is 29.4 Å². The maximum Gasteiger partial charge on any atom is 2.00 e. The van der Waals surface area contributed by atoms with Crippen LogP contribution in [0.15, 0.2) is 218 Å². The monoisotopic (exact) mass is 1430 g/mol. The van der Waals surface area contributed by atoms with Gasteiger partial charge in [0.15, 0.2) is 0 Å². The van der Waals surface area contributed by atoms with Crippen LogP contribution in [0.4, 0.5) is 0 Å². The van der Waals surface area contributed by atoms with Crippen molar-refractivity contribution in [3.63, 3.8) is 0 Å². The van der Waals surface area contributed by atoms with Crippen LogP contribution in [0.2, 0.25) is 0 Å². The molecule has 0 amide bonds.